The van der Waals surface area contributed by atoms with E-state index in [4.69, 9.17) is 0 Å². The van der Waals surface area contributed by atoms with Crippen LogP contribution >= 0.6 is 0 Å². The van der Waals surface area contributed by atoms with Crippen LogP contribution in [0.4, 0.5) is 0 Å². The molecule has 0 fully saturated rings. The number of nitrogens with zero attached hydrogens (tertiary/aromatic N) is 1. The second-order valence-corrected chi connectivity index (χ2v) is 13.9. The first-order valence-corrected chi connectivity index (χ1v) is 17.7. The number of benzene rings is 6. The van der Waals surface area contributed by atoms with Gasteiger partial charge in [0.2, 0.25) is 0 Å². The van der Waals surface area contributed by atoms with E-state index < -0.39 is 0 Å². The van der Waals surface area contributed by atoms with Crippen molar-refractivity contribution >= 4 is 23.1 Å². The summed E-state index contributed by atoms with van der Waals surface area (Å²) in [5, 5.41) is 1.37. The molecule has 1 heterocycles. The number of aromatic nitrogens is 1. The smallest absolute Gasteiger partial charge is 0.0579 e. The molecule has 1 nitrogen and oxygen atoms in total. The standard InChI is InChI=1S/C48H37N/c1-3-12-31-15-10-21-42(39-20-11-19-38-36-16-6-4-13-32(36)28-44(38)39)47(31)35-24-23-34(27-30(35)2)49-46-22-9-8-18-41(46)43-26-25-40-37-17-7-5-14-33(37)29-45(40)48(43)49/h3-8,10-21,23-27H,9,22,28-29H2,1-2H3/b12-3+. The van der Waals surface area contributed by atoms with Gasteiger partial charge in [-0.3, -0.25) is 0 Å². The van der Waals surface area contributed by atoms with Gasteiger partial charge in [-0.15, -0.1) is 0 Å². The molecule has 0 saturated heterocycles. The van der Waals surface area contributed by atoms with Crippen LogP contribution in [0.15, 0.2) is 127 Å². The summed E-state index contributed by atoms with van der Waals surface area (Å²) in [5.74, 6) is 0. The highest BCUT2D eigenvalue weighted by Gasteiger charge is 2.28. The maximum Gasteiger partial charge on any atom is 0.0579 e. The fraction of sp³-hybridized carbons (Fsp3) is 0.125. The van der Waals surface area contributed by atoms with Crippen LogP contribution in [0.3, 0.4) is 0 Å². The zero-order chi connectivity index (χ0) is 32.6. The van der Waals surface area contributed by atoms with Gasteiger partial charge in [-0.05, 0) is 123 Å². The van der Waals surface area contributed by atoms with Crippen LogP contribution in [0.1, 0.15) is 58.0 Å². The molecule has 6 aromatic carbocycles. The lowest BCUT2D eigenvalue weighted by Crippen LogP contribution is -2.05. The van der Waals surface area contributed by atoms with E-state index in [0.29, 0.717) is 0 Å². The quantitative estimate of drug-likeness (QED) is 0.183. The Morgan fingerprint density at radius 2 is 1.27 bits per heavy atom. The average molecular weight is 628 g/mol. The fourth-order valence-corrected chi connectivity index (χ4v) is 9.11. The maximum absolute atomic E-state index is 2.61. The summed E-state index contributed by atoms with van der Waals surface area (Å²) in [6.07, 6.45) is 13.2. The molecule has 0 atom stereocenters. The van der Waals surface area contributed by atoms with Gasteiger partial charge >= 0.3 is 0 Å². The summed E-state index contributed by atoms with van der Waals surface area (Å²) >= 11 is 0. The van der Waals surface area contributed by atoms with E-state index in [1.54, 1.807) is 0 Å². The van der Waals surface area contributed by atoms with Gasteiger partial charge < -0.3 is 4.57 Å². The van der Waals surface area contributed by atoms with Crippen molar-refractivity contribution in [1.82, 2.24) is 4.57 Å². The van der Waals surface area contributed by atoms with Gasteiger partial charge in [-0.25, -0.2) is 0 Å². The first kappa shape index (κ1) is 28.4. The predicted molar refractivity (Wildman–Crippen MR) is 207 cm³/mol. The molecule has 1 aromatic heterocycles. The van der Waals surface area contributed by atoms with E-state index in [1.165, 1.54) is 106 Å². The first-order chi connectivity index (χ1) is 24.2. The Morgan fingerprint density at radius 3 is 2.04 bits per heavy atom. The zero-order valence-corrected chi connectivity index (χ0v) is 28.1. The van der Waals surface area contributed by atoms with E-state index in [-0.39, 0.29) is 0 Å². The van der Waals surface area contributed by atoms with Crippen molar-refractivity contribution in [2.24, 2.45) is 0 Å². The van der Waals surface area contributed by atoms with E-state index in [2.05, 4.69) is 158 Å². The minimum absolute atomic E-state index is 0.974. The topological polar surface area (TPSA) is 4.93 Å². The predicted octanol–water partition coefficient (Wildman–Crippen LogP) is 12.4. The summed E-state index contributed by atoms with van der Waals surface area (Å²) in [7, 11) is 0. The third-order valence-corrected chi connectivity index (χ3v) is 11.2. The molecular formula is C48H37N. The van der Waals surface area contributed by atoms with Gasteiger partial charge in [0.25, 0.3) is 0 Å². The second kappa shape index (κ2) is 10.9. The third kappa shape index (κ3) is 4.18. The summed E-state index contributed by atoms with van der Waals surface area (Å²) in [4.78, 5) is 0. The van der Waals surface area contributed by atoms with Gasteiger partial charge in [0.05, 0.1) is 5.52 Å². The molecule has 234 valence electrons. The SMILES string of the molecule is C/C=C/c1cccc(-c2cccc3c2Cc2ccccc2-3)c1-c1ccc(-n2c3c(c4ccc5c(c42)Cc2ccccc2-5)C=CCC3)cc1C. The van der Waals surface area contributed by atoms with Gasteiger partial charge in [-0.2, -0.15) is 0 Å². The molecule has 0 saturated carbocycles. The minimum atomic E-state index is 0.974. The molecule has 7 aromatic rings. The van der Waals surface area contributed by atoms with Crippen molar-refractivity contribution in [2.45, 2.75) is 39.5 Å². The number of hydrogen-bond donors (Lipinski definition) is 0. The molecule has 3 aliphatic rings. The molecule has 10 rings (SSSR count). The first-order valence-electron chi connectivity index (χ1n) is 17.7. The van der Waals surface area contributed by atoms with E-state index in [0.717, 1.165) is 25.7 Å². The Morgan fingerprint density at radius 1 is 0.612 bits per heavy atom. The number of rotatable bonds is 4. The van der Waals surface area contributed by atoms with E-state index in [9.17, 15) is 0 Å². The highest BCUT2D eigenvalue weighted by Crippen LogP contribution is 2.47. The summed E-state index contributed by atoms with van der Waals surface area (Å²) < 4.78 is 2.61. The van der Waals surface area contributed by atoms with E-state index in [1.807, 2.05) is 0 Å². The zero-order valence-electron chi connectivity index (χ0n) is 28.1. The summed E-state index contributed by atoms with van der Waals surface area (Å²) in [6, 6.07) is 43.5. The molecule has 0 amide bonds. The Labute approximate surface area is 288 Å². The lowest BCUT2D eigenvalue weighted by molar-refractivity contribution is 0.886. The van der Waals surface area contributed by atoms with Gasteiger partial charge in [-0.1, -0.05) is 127 Å². The lowest BCUT2D eigenvalue weighted by atomic mass is 9.85. The molecule has 0 aliphatic heterocycles. The number of hydrogen-bond acceptors (Lipinski definition) is 0. The minimum Gasteiger partial charge on any atom is -0.313 e. The van der Waals surface area contributed by atoms with Crippen LogP contribution < -0.4 is 0 Å². The van der Waals surface area contributed by atoms with Crippen LogP contribution in [0.5, 0.6) is 0 Å². The molecule has 0 N–H and O–H groups in total. The van der Waals surface area contributed by atoms with Crippen molar-refractivity contribution < 1.29 is 0 Å². The van der Waals surface area contributed by atoms with Gasteiger partial charge in [0.15, 0.2) is 0 Å². The fourth-order valence-electron chi connectivity index (χ4n) is 9.11. The Balaban J connectivity index is 1.17. The Hall–Kier alpha value is -5.66. The molecular weight excluding hydrogens is 591 g/mol. The van der Waals surface area contributed by atoms with Crippen molar-refractivity contribution in [3.05, 3.63) is 172 Å². The maximum atomic E-state index is 2.61. The summed E-state index contributed by atoms with van der Waals surface area (Å²) in [6.45, 7) is 4.42. The second-order valence-electron chi connectivity index (χ2n) is 13.9. The normalized spacial score (nSPS) is 13.8. The van der Waals surface area contributed by atoms with Gasteiger partial charge in [0, 0.05) is 28.8 Å². The Bertz CT molecular complexity index is 2570. The summed E-state index contributed by atoms with van der Waals surface area (Å²) in [5.41, 5.74) is 24.5. The molecule has 1 heteroatoms. The van der Waals surface area contributed by atoms with Crippen molar-refractivity contribution in [2.75, 3.05) is 0 Å². The number of aryl methyl sites for hydroxylation is 1. The molecule has 0 bridgehead atoms. The van der Waals surface area contributed by atoms with Crippen LogP contribution in [0, 0.1) is 6.92 Å². The van der Waals surface area contributed by atoms with Crippen LogP contribution in [-0.2, 0) is 19.3 Å². The molecule has 49 heavy (non-hydrogen) atoms. The molecule has 3 aliphatic carbocycles. The highest BCUT2D eigenvalue weighted by molar-refractivity contribution is 6.01. The van der Waals surface area contributed by atoms with Crippen molar-refractivity contribution in [1.29, 1.82) is 0 Å². The monoisotopic (exact) mass is 627 g/mol. The van der Waals surface area contributed by atoms with Crippen molar-refractivity contribution in [3.63, 3.8) is 0 Å². The van der Waals surface area contributed by atoms with Crippen LogP contribution in [-0.4, -0.2) is 4.57 Å². The average Bonchev–Trinajstić information content (AvgIpc) is 3.81. The lowest BCUT2D eigenvalue weighted by Gasteiger charge is -2.20. The Kier molecular flexibility index (Phi) is 6.33. The third-order valence-electron chi connectivity index (χ3n) is 11.2. The van der Waals surface area contributed by atoms with Crippen LogP contribution in [0.2, 0.25) is 0 Å². The molecule has 0 spiro atoms. The highest BCUT2D eigenvalue weighted by atomic mass is 15.0. The molecule has 0 unspecified atom stereocenters. The van der Waals surface area contributed by atoms with Crippen LogP contribution in [0.25, 0.3) is 73.2 Å². The number of allylic oxidation sites excluding steroid dienone is 2. The number of fused-ring (bicyclic) bond motifs is 10. The van der Waals surface area contributed by atoms with Crippen molar-refractivity contribution in [3.8, 4) is 50.2 Å². The van der Waals surface area contributed by atoms with E-state index >= 15 is 0 Å². The largest absolute Gasteiger partial charge is 0.313 e. The van der Waals surface area contributed by atoms with Gasteiger partial charge in [0.1, 0.15) is 0 Å². The molecule has 0 radical (unpaired) electrons.